The van der Waals surface area contributed by atoms with E-state index in [1.807, 2.05) is 18.2 Å². The van der Waals surface area contributed by atoms with Gasteiger partial charge in [0, 0.05) is 29.7 Å². The lowest BCUT2D eigenvalue weighted by molar-refractivity contribution is 0.0526. The number of carbonyl (C=O) groups is 2. The van der Waals surface area contributed by atoms with Crippen LogP contribution in [0.5, 0.6) is 5.75 Å². The summed E-state index contributed by atoms with van der Waals surface area (Å²) < 4.78 is 17.1. The van der Waals surface area contributed by atoms with Gasteiger partial charge >= 0.3 is 5.97 Å². The normalized spacial score (nSPS) is 14.6. The first kappa shape index (κ1) is 25.7. The summed E-state index contributed by atoms with van der Waals surface area (Å²) in [7, 11) is 1.56. The summed E-state index contributed by atoms with van der Waals surface area (Å²) in [6.07, 6.45) is 4.07. The third-order valence-corrected chi connectivity index (χ3v) is 7.42. The number of amides is 1. The van der Waals surface area contributed by atoms with Crippen LogP contribution in [-0.2, 0) is 17.6 Å². The number of methoxy groups -OCH3 is 1. The van der Waals surface area contributed by atoms with Gasteiger partial charge < -0.3 is 24.1 Å². The Balaban J connectivity index is 1.53. The van der Waals surface area contributed by atoms with E-state index in [9.17, 15) is 9.59 Å². The Morgan fingerprint density at radius 2 is 1.85 bits per heavy atom. The Morgan fingerprint density at radius 1 is 1.02 bits per heavy atom. The molecule has 6 rings (SSSR count). The molecule has 1 N–H and O–H groups in total. The van der Waals surface area contributed by atoms with E-state index >= 15 is 0 Å². The number of carbonyl (C=O) groups excluding carboxylic acids is 2. The molecule has 0 radical (unpaired) electrons. The molecule has 0 saturated heterocycles. The van der Waals surface area contributed by atoms with Crippen LogP contribution in [0.2, 0.25) is 0 Å². The van der Waals surface area contributed by atoms with Crippen LogP contribution in [0, 0.1) is 0 Å². The monoisotopic (exact) mass is 537 g/mol. The summed E-state index contributed by atoms with van der Waals surface area (Å²) in [5.74, 6) is -0.253. The molecule has 3 heterocycles. The van der Waals surface area contributed by atoms with Crippen molar-refractivity contribution < 1.29 is 23.5 Å². The lowest BCUT2D eigenvalue weighted by Crippen LogP contribution is -2.34. The van der Waals surface area contributed by atoms with Gasteiger partial charge in [0.05, 0.1) is 30.7 Å². The van der Waals surface area contributed by atoms with Gasteiger partial charge in [-0.25, -0.2) is 9.79 Å². The van der Waals surface area contributed by atoms with Crippen molar-refractivity contribution in [3.8, 4) is 5.75 Å². The van der Waals surface area contributed by atoms with Crippen LogP contribution in [0.1, 0.15) is 51.6 Å². The van der Waals surface area contributed by atoms with Crippen LogP contribution in [0.15, 0.2) is 70.1 Å². The van der Waals surface area contributed by atoms with E-state index in [4.69, 9.17) is 18.9 Å². The Bertz CT molecular complexity index is 1690. The average molecular weight is 538 g/mol. The molecule has 0 saturated carbocycles. The number of ether oxygens (including phenoxy) is 2. The number of hydrogen-bond donors (Lipinski definition) is 1. The van der Waals surface area contributed by atoms with Crippen molar-refractivity contribution in [2.45, 2.75) is 32.6 Å². The van der Waals surface area contributed by atoms with Crippen LogP contribution in [0.3, 0.4) is 0 Å². The highest BCUT2D eigenvalue weighted by Gasteiger charge is 2.27. The number of para-hydroxylation sites is 2. The molecule has 1 amide bonds. The molecular weight excluding hydrogens is 506 g/mol. The zero-order chi connectivity index (χ0) is 27.6. The molecule has 0 fully saturated rings. The predicted molar refractivity (Wildman–Crippen MR) is 154 cm³/mol. The van der Waals surface area contributed by atoms with Crippen LogP contribution >= 0.6 is 0 Å². The van der Waals surface area contributed by atoms with Gasteiger partial charge in [0.2, 0.25) is 5.55 Å². The second-order valence-corrected chi connectivity index (χ2v) is 9.98. The zero-order valence-corrected chi connectivity index (χ0v) is 22.7. The SMILES string of the molecule is CCOC(=O)c1cccc(N=c2oc3c4c5c(cc3cc2C(=O)Nc2ccccc2OC)CCCN5CCC4)c1. The minimum Gasteiger partial charge on any atom is -0.495 e. The van der Waals surface area contributed by atoms with Gasteiger partial charge in [0.15, 0.2) is 0 Å². The minimum absolute atomic E-state index is 0.171. The largest absolute Gasteiger partial charge is 0.495 e. The number of nitrogens with one attached hydrogen (secondary N) is 1. The zero-order valence-electron chi connectivity index (χ0n) is 22.7. The number of esters is 1. The van der Waals surface area contributed by atoms with Gasteiger partial charge in [0.25, 0.3) is 5.91 Å². The molecule has 204 valence electrons. The summed E-state index contributed by atoms with van der Waals surface area (Å²) in [5, 5.41) is 3.83. The van der Waals surface area contributed by atoms with Crippen molar-refractivity contribution in [1.82, 2.24) is 0 Å². The molecule has 8 nitrogen and oxygen atoms in total. The van der Waals surface area contributed by atoms with E-state index in [0.717, 1.165) is 49.7 Å². The van der Waals surface area contributed by atoms with Gasteiger partial charge in [-0.3, -0.25) is 4.79 Å². The molecule has 1 aromatic heterocycles. The molecule has 2 aliphatic rings. The highest BCUT2D eigenvalue weighted by molar-refractivity contribution is 6.06. The first-order valence-corrected chi connectivity index (χ1v) is 13.7. The average Bonchev–Trinajstić information content (AvgIpc) is 2.98. The molecule has 0 aliphatic carbocycles. The number of nitrogens with zero attached hydrogens (tertiary/aromatic N) is 2. The van der Waals surface area contributed by atoms with Crippen molar-refractivity contribution in [3.63, 3.8) is 0 Å². The number of benzene rings is 3. The minimum atomic E-state index is -0.430. The third-order valence-electron chi connectivity index (χ3n) is 7.42. The predicted octanol–water partition coefficient (Wildman–Crippen LogP) is 5.80. The maximum absolute atomic E-state index is 13.7. The van der Waals surface area contributed by atoms with E-state index < -0.39 is 5.97 Å². The lowest BCUT2D eigenvalue weighted by Gasteiger charge is -2.37. The topological polar surface area (TPSA) is 93.4 Å². The molecule has 40 heavy (non-hydrogen) atoms. The molecule has 3 aromatic carbocycles. The number of anilines is 2. The molecular formula is C32H31N3O5. The van der Waals surface area contributed by atoms with Crippen molar-refractivity contribution in [2.75, 3.05) is 37.0 Å². The summed E-state index contributed by atoms with van der Waals surface area (Å²) in [6.45, 7) is 4.13. The number of rotatable bonds is 6. The van der Waals surface area contributed by atoms with E-state index in [1.54, 1.807) is 50.4 Å². The highest BCUT2D eigenvalue weighted by atomic mass is 16.5. The van der Waals surface area contributed by atoms with Crippen LogP contribution in [0.25, 0.3) is 11.0 Å². The smallest absolute Gasteiger partial charge is 0.338 e. The van der Waals surface area contributed by atoms with Gasteiger partial charge in [-0.1, -0.05) is 18.2 Å². The quantitative estimate of drug-likeness (QED) is 0.313. The maximum atomic E-state index is 13.7. The van der Waals surface area contributed by atoms with Crippen molar-refractivity contribution in [3.05, 3.63) is 88.5 Å². The lowest BCUT2D eigenvalue weighted by atomic mass is 9.90. The number of aryl methyl sites for hydroxylation is 2. The Kier molecular flexibility index (Phi) is 6.99. The number of fused-ring (bicyclic) bond motifs is 2. The fraction of sp³-hybridized carbons (Fsp3) is 0.281. The second kappa shape index (κ2) is 10.9. The van der Waals surface area contributed by atoms with E-state index in [0.29, 0.717) is 22.7 Å². The van der Waals surface area contributed by atoms with Gasteiger partial charge in [-0.05, 0) is 80.6 Å². The summed E-state index contributed by atoms with van der Waals surface area (Å²) in [6, 6.07) is 18.1. The van der Waals surface area contributed by atoms with E-state index in [1.165, 1.54) is 16.8 Å². The van der Waals surface area contributed by atoms with Crippen molar-refractivity contribution >= 4 is 39.9 Å². The third kappa shape index (κ3) is 4.81. The number of hydrogen-bond acceptors (Lipinski definition) is 7. The van der Waals surface area contributed by atoms with Gasteiger partial charge in [0.1, 0.15) is 16.9 Å². The summed E-state index contributed by atoms with van der Waals surface area (Å²) in [4.78, 5) is 33.3. The molecule has 4 aromatic rings. The van der Waals surface area contributed by atoms with Crippen LogP contribution < -0.4 is 20.5 Å². The highest BCUT2D eigenvalue weighted by Crippen LogP contribution is 2.40. The van der Waals surface area contributed by atoms with Gasteiger partial charge in [-0.2, -0.15) is 0 Å². The first-order valence-electron chi connectivity index (χ1n) is 13.7. The van der Waals surface area contributed by atoms with E-state index in [2.05, 4.69) is 16.3 Å². The molecule has 0 bridgehead atoms. The van der Waals surface area contributed by atoms with Crippen LogP contribution in [0.4, 0.5) is 17.1 Å². The fourth-order valence-electron chi connectivity index (χ4n) is 5.67. The molecule has 0 unspecified atom stereocenters. The fourth-order valence-corrected chi connectivity index (χ4v) is 5.67. The standard InChI is InChI=1S/C32H31N3O5/c1-3-39-32(37)21-9-6-11-23(18-21)33-31-25(30(36)34-26-13-4-5-14-27(26)38-2)19-22-17-20-10-7-15-35-16-8-12-24(28(20)35)29(22)40-31/h4-6,9,11,13-14,17-19H,3,7-8,10,12,15-16H2,1-2H3,(H,34,36). The summed E-state index contributed by atoms with van der Waals surface area (Å²) in [5.41, 5.74) is 6.35. The Hall–Kier alpha value is -4.59. The second-order valence-electron chi connectivity index (χ2n) is 9.98. The van der Waals surface area contributed by atoms with Crippen molar-refractivity contribution in [2.24, 2.45) is 4.99 Å². The molecule has 2 aliphatic heterocycles. The molecule has 0 atom stereocenters. The Labute approximate surface area is 232 Å². The first-order chi connectivity index (χ1) is 19.6. The van der Waals surface area contributed by atoms with Crippen molar-refractivity contribution in [1.29, 1.82) is 0 Å². The molecule has 0 spiro atoms. The van der Waals surface area contributed by atoms with Crippen LogP contribution in [-0.4, -0.2) is 38.7 Å². The van der Waals surface area contributed by atoms with Gasteiger partial charge in [-0.15, -0.1) is 0 Å². The molecule has 8 heteroatoms. The van der Waals surface area contributed by atoms with E-state index in [-0.39, 0.29) is 23.6 Å². The Morgan fingerprint density at radius 3 is 2.67 bits per heavy atom. The summed E-state index contributed by atoms with van der Waals surface area (Å²) >= 11 is 0. The maximum Gasteiger partial charge on any atom is 0.338 e.